The number of carbonyl (C=O) groups is 1. The van der Waals surface area contributed by atoms with Gasteiger partial charge in [-0.15, -0.1) is 0 Å². The van der Waals surface area contributed by atoms with Crippen molar-refractivity contribution in [2.45, 2.75) is 18.9 Å². The van der Waals surface area contributed by atoms with E-state index in [1.165, 1.54) is 6.20 Å². The van der Waals surface area contributed by atoms with Crippen molar-refractivity contribution in [1.29, 1.82) is 0 Å². The Morgan fingerprint density at radius 3 is 2.95 bits per heavy atom. The third-order valence-electron chi connectivity index (χ3n) is 3.19. The van der Waals surface area contributed by atoms with Crippen LogP contribution in [0.15, 0.2) is 6.20 Å². The van der Waals surface area contributed by atoms with Crippen molar-refractivity contribution in [3.63, 3.8) is 0 Å². The number of ether oxygens (including phenoxy) is 1. The lowest BCUT2D eigenvalue weighted by Gasteiger charge is -2.26. The van der Waals surface area contributed by atoms with Gasteiger partial charge in [-0.3, -0.25) is 4.79 Å². The number of likely N-dealkylation sites (N-methyl/N-ethyl adjacent to an activating group) is 1. The summed E-state index contributed by atoms with van der Waals surface area (Å²) in [6, 6.07) is 0. The molecule has 19 heavy (non-hydrogen) atoms. The molecule has 0 spiro atoms. The fraction of sp³-hybridized carbons (Fsp3) is 0.750. The van der Waals surface area contributed by atoms with Crippen LogP contribution in [0.4, 0.5) is 0 Å². The van der Waals surface area contributed by atoms with Crippen molar-refractivity contribution < 1.29 is 9.53 Å². The van der Waals surface area contributed by atoms with Crippen LogP contribution in [0.2, 0.25) is 0 Å². The summed E-state index contributed by atoms with van der Waals surface area (Å²) in [5.41, 5.74) is 0.358. The number of hydrogen-bond acceptors (Lipinski definition) is 5. The minimum atomic E-state index is -0.0916. The van der Waals surface area contributed by atoms with Crippen LogP contribution < -0.4 is 0 Å². The third-order valence-corrected chi connectivity index (χ3v) is 3.19. The fourth-order valence-electron chi connectivity index (χ4n) is 2.10. The summed E-state index contributed by atoms with van der Waals surface area (Å²) in [5.74, 6) is -0.0916. The zero-order chi connectivity index (χ0) is 13.7. The molecule has 1 amide bonds. The molecule has 7 heteroatoms. The Balaban J connectivity index is 1.97. The minimum absolute atomic E-state index is 0.0916. The predicted molar refractivity (Wildman–Crippen MR) is 69.8 cm³/mol. The fourth-order valence-corrected chi connectivity index (χ4v) is 2.10. The van der Waals surface area contributed by atoms with E-state index in [-0.39, 0.29) is 12.0 Å². The van der Waals surface area contributed by atoms with Gasteiger partial charge in [0, 0.05) is 26.2 Å². The lowest BCUT2D eigenvalue weighted by molar-refractivity contribution is 0.0507. The summed E-state index contributed by atoms with van der Waals surface area (Å²) < 4.78 is 5.61. The number of carbonyl (C=O) groups excluding carboxylic acids is 1. The molecule has 1 aliphatic heterocycles. The van der Waals surface area contributed by atoms with Gasteiger partial charge in [0.25, 0.3) is 5.91 Å². The molecule has 2 heterocycles. The Labute approximate surface area is 112 Å². The molecule has 1 fully saturated rings. The Morgan fingerprint density at radius 1 is 1.53 bits per heavy atom. The lowest BCUT2D eigenvalue weighted by Crippen LogP contribution is -2.41. The van der Waals surface area contributed by atoms with Crippen LogP contribution in [0.1, 0.15) is 23.3 Å². The van der Waals surface area contributed by atoms with E-state index in [1.54, 1.807) is 4.90 Å². The van der Waals surface area contributed by atoms with E-state index in [2.05, 4.69) is 20.3 Å². The number of amides is 1. The molecule has 1 N–H and O–H groups in total. The highest BCUT2D eigenvalue weighted by atomic mass is 16.5. The summed E-state index contributed by atoms with van der Waals surface area (Å²) in [4.78, 5) is 16.2. The predicted octanol–water partition coefficient (Wildman–Crippen LogP) is -0.0125. The van der Waals surface area contributed by atoms with Gasteiger partial charge < -0.3 is 14.5 Å². The smallest absolute Gasteiger partial charge is 0.276 e. The number of aromatic amines is 1. The monoisotopic (exact) mass is 267 g/mol. The molecule has 2 rings (SSSR count). The second-order valence-corrected chi connectivity index (χ2v) is 5.04. The van der Waals surface area contributed by atoms with E-state index >= 15 is 0 Å². The Hall–Kier alpha value is -1.47. The van der Waals surface area contributed by atoms with E-state index in [1.807, 2.05) is 14.1 Å². The van der Waals surface area contributed by atoms with Gasteiger partial charge in [-0.25, -0.2) is 0 Å². The van der Waals surface area contributed by atoms with Crippen molar-refractivity contribution >= 4 is 5.91 Å². The van der Waals surface area contributed by atoms with E-state index in [9.17, 15) is 4.79 Å². The molecule has 1 unspecified atom stereocenters. The molecular formula is C12H21N5O2. The third kappa shape index (κ3) is 4.00. The van der Waals surface area contributed by atoms with Gasteiger partial charge >= 0.3 is 0 Å². The number of hydrogen-bond donors (Lipinski definition) is 1. The van der Waals surface area contributed by atoms with Crippen molar-refractivity contribution in [1.82, 2.24) is 25.2 Å². The molecule has 1 aliphatic rings. The van der Waals surface area contributed by atoms with E-state index in [0.29, 0.717) is 18.8 Å². The number of aromatic nitrogens is 3. The maximum atomic E-state index is 12.3. The van der Waals surface area contributed by atoms with Gasteiger partial charge in [0.2, 0.25) is 0 Å². The molecule has 0 radical (unpaired) electrons. The van der Waals surface area contributed by atoms with Gasteiger partial charge in [-0.2, -0.15) is 15.4 Å². The van der Waals surface area contributed by atoms with Crippen LogP contribution in [-0.4, -0.2) is 77.6 Å². The first-order chi connectivity index (χ1) is 9.16. The van der Waals surface area contributed by atoms with Gasteiger partial charge in [-0.1, -0.05) is 0 Å². The molecule has 0 aromatic carbocycles. The van der Waals surface area contributed by atoms with Crippen molar-refractivity contribution in [2.75, 3.05) is 40.3 Å². The first-order valence-electron chi connectivity index (χ1n) is 6.58. The number of rotatable bonds is 6. The molecule has 1 aromatic rings. The molecule has 1 atom stereocenters. The van der Waals surface area contributed by atoms with Crippen LogP contribution >= 0.6 is 0 Å². The highest BCUT2D eigenvalue weighted by molar-refractivity contribution is 5.91. The first kappa shape index (κ1) is 14.0. The second-order valence-electron chi connectivity index (χ2n) is 5.04. The van der Waals surface area contributed by atoms with E-state index in [0.717, 1.165) is 26.0 Å². The summed E-state index contributed by atoms with van der Waals surface area (Å²) in [5, 5.41) is 10.0. The maximum absolute atomic E-state index is 12.3. The maximum Gasteiger partial charge on any atom is 0.276 e. The Bertz CT molecular complexity index is 387. The Kier molecular flexibility index (Phi) is 4.86. The molecule has 0 aliphatic carbocycles. The molecule has 1 aromatic heterocycles. The minimum Gasteiger partial charge on any atom is -0.376 e. The number of nitrogens with one attached hydrogen (secondary N) is 1. The van der Waals surface area contributed by atoms with Gasteiger partial charge in [0.15, 0.2) is 5.69 Å². The van der Waals surface area contributed by atoms with Crippen LogP contribution in [0.3, 0.4) is 0 Å². The van der Waals surface area contributed by atoms with Crippen LogP contribution in [0.5, 0.6) is 0 Å². The van der Waals surface area contributed by atoms with Crippen molar-refractivity contribution in [3.05, 3.63) is 11.9 Å². The van der Waals surface area contributed by atoms with Gasteiger partial charge in [0.1, 0.15) is 0 Å². The number of H-pyrrole nitrogens is 1. The van der Waals surface area contributed by atoms with Gasteiger partial charge in [-0.05, 0) is 26.9 Å². The lowest BCUT2D eigenvalue weighted by atomic mass is 10.2. The van der Waals surface area contributed by atoms with Crippen LogP contribution in [-0.2, 0) is 4.74 Å². The van der Waals surface area contributed by atoms with Gasteiger partial charge in [0.05, 0.1) is 12.3 Å². The topological polar surface area (TPSA) is 74.3 Å². The van der Waals surface area contributed by atoms with E-state index < -0.39 is 0 Å². The summed E-state index contributed by atoms with van der Waals surface area (Å²) in [6.07, 6.45) is 3.70. The summed E-state index contributed by atoms with van der Waals surface area (Å²) in [7, 11) is 3.98. The van der Waals surface area contributed by atoms with Crippen molar-refractivity contribution in [3.8, 4) is 0 Å². The summed E-state index contributed by atoms with van der Waals surface area (Å²) >= 11 is 0. The first-order valence-corrected chi connectivity index (χ1v) is 6.58. The molecular weight excluding hydrogens is 246 g/mol. The highest BCUT2D eigenvalue weighted by Crippen LogP contribution is 2.14. The van der Waals surface area contributed by atoms with Crippen LogP contribution in [0, 0.1) is 0 Å². The molecule has 7 nitrogen and oxygen atoms in total. The summed E-state index contributed by atoms with van der Waals surface area (Å²) in [6.45, 7) is 2.90. The largest absolute Gasteiger partial charge is 0.376 e. The zero-order valence-corrected chi connectivity index (χ0v) is 11.5. The highest BCUT2D eigenvalue weighted by Gasteiger charge is 2.24. The second kappa shape index (κ2) is 6.63. The average Bonchev–Trinajstić information content (AvgIpc) is 3.06. The Morgan fingerprint density at radius 2 is 2.37 bits per heavy atom. The zero-order valence-electron chi connectivity index (χ0n) is 11.5. The average molecular weight is 267 g/mol. The standard InChI is InChI=1S/C12H21N5O2/c1-16(2)5-6-17(9-10-4-3-7-19-10)12(18)11-8-13-15-14-11/h8,10H,3-7,9H2,1-2H3,(H,13,14,15). The quantitative estimate of drug-likeness (QED) is 0.784. The van der Waals surface area contributed by atoms with Crippen molar-refractivity contribution in [2.24, 2.45) is 0 Å². The molecule has 106 valence electrons. The molecule has 0 bridgehead atoms. The SMILES string of the molecule is CN(C)CCN(CC1CCCO1)C(=O)c1cn[nH]n1. The van der Waals surface area contributed by atoms with Crippen LogP contribution in [0.25, 0.3) is 0 Å². The molecule has 0 saturated carbocycles. The normalized spacial score (nSPS) is 19.0. The van der Waals surface area contributed by atoms with E-state index in [4.69, 9.17) is 4.74 Å². The molecule has 1 saturated heterocycles. The number of nitrogens with zero attached hydrogens (tertiary/aromatic N) is 4.